The lowest BCUT2D eigenvalue weighted by molar-refractivity contribution is 0.152. The summed E-state index contributed by atoms with van der Waals surface area (Å²) in [4.78, 5) is 0. The van der Waals surface area contributed by atoms with E-state index in [1.54, 1.807) is 0 Å². The van der Waals surface area contributed by atoms with E-state index in [1.807, 2.05) is 30.3 Å². The second-order valence-electron chi connectivity index (χ2n) is 6.54. The van der Waals surface area contributed by atoms with E-state index < -0.39 is 0 Å². The van der Waals surface area contributed by atoms with Gasteiger partial charge in [-0.3, -0.25) is 0 Å². The van der Waals surface area contributed by atoms with Crippen molar-refractivity contribution in [2.45, 2.75) is 44.1 Å². The van der Waals surface area contributed by atoms with Gasteiger partial charge in [0, 0.05) is 17.6 Å². The Morgan fingerprint density at radius 3 is 2.43 bits per heavy atom. The van der Waals surface area contributed by atoms with Crippen molar-refractivity contribution in [3.05, 3.63) is 65.7 Å². The molecule has 0 unspecified atom stereocenters. The van der Waals surface area contributed by atoms with Gasteiger partial charge in [0.15, 0.2) is 0 Å². The first-order chi connectivity index (χ1) is 11.3. The van der Waals surface area contributed by atoms with Gasteiger partial charge in [0.25, 0.3) is 0 Å². The molecule has 2 aromatic rings. The van der Waals surface area contributed by atoms with Crippen molar-refractivity contribution in [2.24, 2.45) is 0 Å². The zero-order chi connectivity index (χ0) is 16.0. The average Bonchev–Trinajstić information content (AvgIpc) is 2.63. The SMILES string of the molecule is OCC1(c2cccc(CNNc3ccccc3)c2)CCCCC1. The molecule has 1 fully saturated rings. The highest BCUT2D eigenvalue weighted by Gasteiger charge is 2.33. The lowest BCUT2D eigenvalue weighted by atomic mass is 9.70. The van der Waals surface area contributed by atoms with Crippen LogP contribution in [-0.4, -0.2) is 11.7 Å². The normalized spacial score (nSPS) is 16.9. The Bertz CT molecular complexity index is 606. The van der Waals surface area contributed by atoms with Crippen molar-refractivity contribution >= 4 is 5.69 Å². The van der Waals surface area contributed by atoms with E-state index in [4.69, 9.17) is 0 Å². The summed E-state index contributed by atoms with van der Waals surface area (Å²) in [6.07, 6.45) is 5.94. The van der Waals surface area contributed by atoms with Gasteiger partial charge >= 0.3 is 0 Å². The van der Waals surface area contributed by atoms with Crippen LogP contribution in [0, 0.1) is 0 Å². The number of para-hydroxylation sites is 1. The molecule has 3 nitrogen and oxygen atoms in total. The standard InChI is InChI=1S/C20H26N2O/c23-16-20(12-5-2-6-13-20)18-9-7-8-17(14-18)15-21-22-19-10-3-1-4-11-19/h1,3-4,7-11,14,21-23H,2,5-6,12-13,15-16H2. The third-order valence-electron chi connectivity index (χ3n) is 4.95. The number of hydrogen-bond donors (Lipinski definition) is 3. The predicted octanol–water partition coefficient (Wildman–Crippen LogP) is 4.00. The van der Waals surface area contributed by atoms with E-state index >= 15 is 0 Å². The van der Waals surface area contributed by atoms with Crippen LogP contribution in [0.2, 0.25) is 0 Å². The lowest BCUT2D eigenvalue weighted by Crippen LogP contribution is -2.33. The quantitative estimate of drug-likeness (QED) is 0.707. The number of hydrogen-bond acceptors (Lipinski definition) is 3. The first-order valence-corrected chi connectivity index (χ1v) is 8.57. The largest absolute Gasteiger partial charge is 0.395 e. The van der Waals surface area contributed by atoms with Gasteiger partial charge in [0.2, 0.25) is 0 Å². The van der Waals surface area contributed by atoms with Crippen molar-refractivity contribution in [1.29, 1.82) is 0 Å². The predicted molar refractivity (Wildman–Crippen MR) is 95.2 cm³/mol. The van der Waals surface area contributed by atoms with Crippen LogP contribution in [0.15, 0.2) is 54.6 Å². The van der Waals surface area contributed by atoms with Gasteiger partial charge in [-0.15, -0.1) is 0 Å². The minimum absolute atomic E-state index is 0.0267. The van der Waals surface area contributed by atoms with Crippen LogP contribution >= 0.6 is 0 Å². The molecule has 0 saturated heterocycles. The molecule has 3 heteroatoms. The van der Waals surface area contributed by atoms with Gasteiger partial charge in [0.1, 0.15) is 0 Å². The molecule has 0 radical (unpaired) electrons. The van der Waals surface area contributed by atoms with E-state index in [0.29, 0.717) is 0 Å². The van der Waals surface area contributed by atoms with Crippen LogP contribution < -0.4 is 10.9 Å². The highest BCUT2D eigenvalue weighted by Crippen LogP contribution is 2.39. The van der Waals surface area contributed by atoms with Crippen LogP contribution in [0.1, 0.15) is 43.2 Å². The number of nitrogens with one attached hydrogen (secondary N) is 2. The topological polar surface area (TPSA) is 44.3 Å². The second-order valence-corrected chi connectivity index (χ2v) is 6.54. The van der Waals surface area contributed by atoms with E-state index in [-0.39, 0.29) is 12.0 Å². The highest BCUT2D eigenvalue weighted by atomic mass is 16.3. The zero-order valence-electron chi connectivity index (χ0n) is 13.6. The Balaban J connectivity index is 1.65. The number of aliphatic hydroxyl groups is 1. The molecule has 2 aromatic carbocycles. The maximum Gasteiger partial charge on any atom is 0.0527 e. The van der Waals surface area contributed by atoms with E-state index in [9.17, 15) is 5.11 Å². The van der Waals surface area contributed by atoms with Crippen LogP contribution in [0.5, 0.6) is 0 Å². The van der Waals surface area contributed by atoms with Crippen molar-refractivity contribution in [2.75, 3.05) is 12.0 Å². The fraction of sp³-hybridized carbons (Fsp3) is 0.400. The minimum Gasteiger partial charge on any atom is -0.395 e. The van der Waals surface area contributed by atoms with E-state index in [1.165, 1.54) is 30.4 Å². The fourth-order valence-electron chi connectivity index (χ4n) is 3.55. The van der Waals surface area contributed by atoms with Gasteiger partial charge in [-0.25, -0.2) is 5.43 Å². The zero-order valence-corrected chi connectivity index (χ0v) is 13.6. The molecule has 1 aliphatic carbocycles. The van der Waals surface area contributed by atoms with Crippen LogP contribution in [0.4, 0.5) is 5.69 Å². The van der Waals surface area contributed by atoms with Crippen LogP contribution in [0.3, 0.4) is 0 Å². The summed E-state index contributed by atoms with van der Waals surface area (Å²) in [6.45, 7) is 1.01. The first kappa shape index (κ1) is 16.0. The van der Waals surface area contributed by atoms with E-state index in [0.717, 1.165) is 25.1 Å². The summed E-state index contributed by atoms with van der Waals surface area (Å²) in [5, 5.41) is 9.98. The molecular formula is C20H26N2O. The summed E-state index contributed by atoms with van der Waals surface area (Å²) < 4.78 is 0. The van der Waals surface area contributed by atoms with E-state index in [2.05, 4.69) is 35.1 Å². The van der Waals surface area contributed by atoms with Crippen molar-refractivity contribution in [3.63, 3.8) is 0 Å². The fourth-order valence-corrected chi connectivity index (χ4v) is 3.55. The highest BCUT2D eigenvalue weighted by molar-refractivity contribution is 5.41. The van der Waals surface area contributed by atoms with Crippen LogP contribution in [-0.2, 0) is 12.0 Å². The number of rotatable bonds is 6. The summed E-state index contributed by atoms with van der Waals surface area (Å²) in [5.41, 5.74) is 10.0. The lowest BCUT2D eigenvalue weighted by Gasteiger charge is -2.36. The monoisotopic (exact) mass is 310 g/mol. The van der Waals surface area contributed by atoms with Crippen LogP contribution in [0.25, 0.3) is 0 Å². The Hall–Kier alpha value is -1.84. The third-order valence-corrected chi connectivity index (χ3v) is 4.95. The maximum absolute atomic E-state index is 9.98. The number of aliphatic hydroxyl groups excluding tert-OH is 1. The van der Waals surface area contributed by atoms with Gasteiger partial charge in [-0.2, -0.15) is 0 Å². The molecule has 0 heterocycles. The molecule has 23 heavy (non-hydrogen) atoms. The number of hydrazine groups is 1. The summed E-state index contributed by atoms with van der Waals surface area (Å²) in [7, 11) is 0. The van der Waals surface area contributed by atoms with Gasteiger partial charge in [-0.05, 0) is 36.1 Å². The van der Waals surface area contributed by atoms with Gasteiger partial charge < -0.3 is 10.5 Å². The minimum atomic E-state index is -0.0267. The summed E-state index contributed by atoms with van der Waals surface area (Å²) >= 11 is 0. The average molecular weight is 310 g/mol. The van der Waals surface area contributed by atoms with Crippen molar-refractivity contribution in [3.8, 4) is 0 Å². The Kier molecular flexibility index (Phi) is 5.31. The molecule has 0 aromatic heterocycles. The molecule has 0 amide bonds. The Morgan fingerprint density at radius 2 is 1.70 bits per heavy atom. The Labute approximate surface area is 138 Å². The molecule has 0 atom stereocenters. The number of benzene rings is 2. The second kappa shape index (κ2) is 7.62. The smallest absolute Gasteiger partial charge is 0.0527 e. The molecule has 0 bridgehead atoms. The molecule has 3 N–H and O–H groups in total. The molecule has 0 aliphatic heterocycles. The third kappa shape index (κ3) is 3.92. The van der Waals surface area contributed by atoms with Crippen molar-refractivity contribution in [1.82, 2.24) is 5.43 Å². The molecule has 1 aliphatic rings. The van der Waals surface area contributed by atoms with Gasteiger partial charge in [0.05, 0.1) is 6.61 Å². The molecule has 0 spiro atoms. The maximum atomic E-state index is 9.98. The van der Waals surface area contributed by atoms with Gasteiger partial charge in [-0.1, -0.05) is 61.7 Å². The number of anilines is 1. The molecule has 122 valence electrons. The molecular weight excluding hydrogens is 284 g/mol. The first-order valence-electron chi connectivity index (χ1n) is 8.57. The Morgan fingerprint density at radius 1 is 0.913 bits per heavy atom. The summed E-state index contributed by atoms with van der Waals surface area (Å²) in [6, 6.07) is 18.8. The van der Waals surface area contributed by atoms with Crippen molar-refractivity contribution < 1.29 is 5.11 Å². The molecule has 3 rings (SSSR count). The molecule has 1 saturated carbocycles. The summed E-state index contributed by atoms with van der Waals surface area (Å²) in [5.74, 6) is 0.